The summed E-state index contributed by atoms with van der Waals surface area (Å²) in [6.45, 7) is 9.00. The second-order valence-electron chi connectivity index (χ2n) is 10.4. The normalized spacial score (nSPS) is 23.3. The fraction of sp³-hybridized carbons (Fsp3) is 0.654. The number of amides is 3. The molecule has 0 bridgehead atoms. The van der Waals surface area contributed by atoms with Crippen LogP contribution in [0.5, 0.6) is 0 Å². The number of halogens is 1. The maximum absolute atomic E-state index is 13.2. The van der Waals surface area contributed by atoms with Gasteiger partial charge in [-0.25, -0.2) is 4.39 Å². The molecule has 0 saturated carbocycles. The van der Waals surface area contributed by atoms with E-state index in [1.54, 1.807) is 18.9 Å². The Kier molecular flexibility index (Phi) is 7.64. The Hall–Kier alpha value is -2.68. The summed E-state index contributed by atoms with van der Waals surface area (Å²) in [5.41, 5.74) is 0.682. The highest BCUT2D eigenvalue weighted by Gasteiger charge is 2.49. The van der Waals surface area contributed by atoms with Crippen molar-refractivity contribution >= 4 is 23.4 Å². The number of likely N-dealkylation sites (tertiary alicyclic amines) is 1. The number of piperidine rings is 1. The van der Waals surface area contributed by atoms with Crippen molar-refractivity contribution in [2.45, 2.75) is 51.6 Å². The van der Waals surface area contributed by atoms with Gasteiger partial charge in [0.05, 0.1) is 5.41 Å². The Morgan fingerprint density at radius 2 is 1.74 bits per heavy atom. The van der Waals surface area contributed by atoms with E-state index in [2.05, 4.69) is 15.1 Å². The van der Waals surface area contributed by atoms with E-state index < -0.39 is 6.04 Å². The van der Waals surface area contributed by atoms with E-state index in [0.29, 0.717) is 25.9 Å². The van der Waals surface area contributed by atoms with Crippen LogP contribution in [-0.4, -0.2) is 97.4 Å². The second kappa shape index (κ2) is 10.5. The molecular weight excluding hydrogens is 449 g/mol. The summed E-state index contributed by atoms with van der Waals surface area (Å²) in [6, 6.07) is 6.36. The van der Waals surface area contributed by atoms with Crippen molar-refractivity contribution in [2.75, 3.05) is 57.8 Å². The maximum Gasteiger partial charge on any atom is 0.245 e. The predicted molar refractivity (Wildman–Crippen MR) is 132 cm³/mol. The van der Waals surface area contributed by atoms with Crippen molar-refractivity contribution in [2.24, 2.45) is 5.41 Å². The standard InChI is InChI=1S/C26H38FN5O3/c1-19(29(3)20(2)33)24(34)32-12-9-26(10-13-32)18-22(28-25(26)35)8-11-30-14-16-31(17-15-30)23-6-4-21(27)5-7-23/h4-7,19,22H,8-18H2,1-3H3,(H,28,35)/t19-,22-/m0/s1. The minimum Gasteiger partial charge on any atom is -0.369 e. The third-order valence-electron chi connectivity index (χ3n) is 8.28. The Morgan fingerprint density at radius 1 is 1.11 bits per heavy atom. The van der Waals surface area contributed by atoms with Crippen molar-refractivity contribution in [3.63, 3.8) is 0 Å². The molecule has 1 N–H and O–H groups in total. The van der Waals surface area contributed by atoms with E-state index >= 15 is 0 Å². The zero-order valence-electron chi connectivity index (χ0n) is 21.1. The molecule has 3 saturated heterocycles. The number of anilines is 1. The predicted octanol–water partition coefficient (Wildman–Crippen LogP) is 1.70. The van der Waals surface area contributed by atoms with E-state index in [4.69, 9.17) is 0 Å². The summed E-state index contributed by atoms with van der Waals surface area (Å²) in [7, 11) is 1.65. The van der Waals surface area contributed by atoms with Crippen LogP contribution in [0.15, 0.2) is 24.3 Å². The number of hydrogen-bond donors (Lipinski definition) is 1. The Morgan fingerprint density at radius 3 is 2.34 bits per heavy atom. The summed E-state index contributed by atoms with van der Waals surface area (Å²) in [4.78, 5) is 45.3. The van der Waals surface area contributed by atoms with Crippen LogP contribution >= 0.6 is 0 Å². The van der Waals surface area contributed by atoms with Gasteiger partial charge in [0.25, 0.3) is 0 Å². The van der Waals surface area contributed by atoms with Gasteiger partial charge in [0.2, 0.25) is 17.7 Å². The van der Waals surface area contributed by atoms with Gasteiger partial charge in [-0.05, 0) is 56.9 Å². The molecular formula is C26H38FN5O3. The SMILES string of the molecule is CC(=O)N(C)[C@@H](C)C(=O)N1CCC2(CC1)C[C@H](CCN1CCN(c3ccc(F)cc3)CC1)NC2=O. The molecule has 3 amide bonds. The molecule has 0 unspecified atom stereocenters. The second-order valence-corrected chi connectivity index (χ2v) is 10.4. The summed E-state index contributed by atoms with van der Waals surface area (Å²) in [6.07, 6.45) is 3.10. The molecule has 0 aliphatic carbocycles. The Labute approximate surface area is 207 Å². The molecule has 1 aromatic rings. The van der Waals surface area contributed by atoms with Crippen LogP contribution < -0.4 is 10.2 Å². The number of carbonyl (C=O) groups excluding carboxylic acids is 3. The summed E-state index contributed by atoms with van der Waals surface area (Å²) in [5, 5.41) is 3.23. The van der Waals surface area contributed by atoms with Crippen LogP contribution in [0.4, 0.5) is 10.1 Å². The molecule has 3 aliphatic heterocycles. The highest BCUT2D eigenvalue weighted by Crippen LogP contribution is 2.41. The molecule has 9 heteroatoms. The lowest BCUT2D eigenvalue weighted by molar-refractivity contribution is -0.145. The van der Waals surface area contributed by atoms with E-state index in [9.17, 15) is 18.8 Å². The molecule has 1 spiro atoms. The van der Waals surface area contributed by atoms with Gasteiger partial charge in [-0.2, -0.15) is 0 Å². The van der Waals surface area contributed by atoms with E-state index in [1.807, 2.05) is 12.1 Å². The lowest BCUT2D eigenvalue weighted by Crippen LogP contribution is -2.52. The summed E-state index contributed by atoms with van der Waals surface area (Å²) < 4.78 is 13.2. The van der Waals surface area contributed by atoms with Crippen LogP contribution in [0.1, 0.15) is 39.5 Å². The van der Waals surface area contributed by atoms with Crippen molar-refractivity contribution < 1.29 is 18.8 Å². The van der Waals surface area contributed by atoms with Crippen LogP contribution in [0, 0.1) is 11.2 Å². The molecule has 8 nitrogen and oxygen atoms in total. The Bertz CT molecular complexity index is 923. The molecule has 1 aromatic carbocycles. The van der Waals surface area contributed by atoms with Crippen molar-refractivity contribution in [3.8, 4) is 0 Å². The third-order valence-corrected chi connectivity index (χ3v) is 8.28. The third kappa shape index (κ3) is 5.60. The van der Waals surface area contributed by atoms with Gasteiger partial charge >= 0.3 is 0 Å². The highest BCUT2D eigenvalue weighted by atomic mass is 19.1. The summed E-state index contributed by atoms with van der Waals surface area (Å²) >= 11 is 0. The average Bonchev–Trinajstić information content (AvgIpc) is 3.17. The number of benzene rings is 1. The molecule has 3 heterocycles. The van der Waals surface area contributed by atoms with Gasteiger partial charge in [-0.15, -0.1) is 0 Å². The minimum absolute atomic E-state index is 0.0488. The zero-order valence-corrected chi connectivity index (χ0v) is 21.1. The fourth-order valence-electron chi connectivity index (χ4n) is 5.64. The lowest BCUT2D eigenvalue weighted by Gasteiger charge is -2.39. The van der Waals surface area contributed by atoms with Crippen LogP contribution in [-0.2, 0) is 14.4 Å². The maximum atomic E-state index is 13.2. The molecule has 3 fully saturated rings. The number of nitrogens with zero attached hydrogens (tertiary/aromatic N) is 4. The smallest absolute Gasteiger partial charge is 0.245 e. The number of likely N-dealkylation sites (N-methyl/N-ethyl adjacent to an activating group) is 1. The first-order chi connectivity index (χ1) is 16.7. The van der Waals surface area contributed by atoms with E-state index in [1.165, 1.54) is 24.0 Å². The number of carbonyl (C=O) groups is 3. The van der Waals surface area contributed by atoms with Crippen LogP contribution in [0.3, 0.4) is 0 Å². The van der Waals surface area contributed by atoms with Crippen molar-refractivity contribution in [3.05, 3.63) is 30.1 Å². The Balaban J connectivity index is 1.21. The van der Waals surface area contributed by atoms with E-state index in [0.717, 1.165) is 51.3 Å². The average molecular weight is 488 g/mol. The highest BCUT2D eigenvalue weighted by molar-refractivity contribution is 5.88. The van der Waals surface area contributed by atoms with Crippen molar-refractivity contribution in [1.82, 2.24) is 20.0 Å². The summed E-state index contributed by atoms with van der Waals surface area (Å²) in [5.74, 6) is -0.262. The molecule has 0 aromatic heterocycles. The fourth-order valence-corrected chi connectivity index (χ4v) is 5.64. The minimum atomic E-state index is -0.491. The molecule has 3 aliphatic rings. The van der Waals surface area contributed by atoms with Gasteiger partial charge in [0, 0.05) is 71.5 Å². The van der Waals surface area contributed by atoms with Gasteiger partial charge in [-0.1, -0.05) is 0 Å². The molecule has 4 rings (SSSR count). The van der Waals surface area contributed by atoms with Crippen LogP contribution in [0.25, 0.3) is 0 Å². The first-order valence-corrected chi connectivity index (χ1v) is 12.7. The quantitative estimate of drug-likeness (QED) is 0.661. The first-order valence-electron chi connectivity index (χ1n) is 12.7. The monoisotopic (exact) mass is 487 g/mol. The first kappa shape index (κ1) is 25.4. The number of piperazine rings is 1. The van der Waals surface area contributed by atoms with Gasteiger partial charge in [0.1, 0.15) is 11.9 Å². The zero-order chi connectivity index (χ0) is 25.2. The lowest BCUT2D eigenvalue weighted by atomic mass is 9.75. The number of hydrogen-bond acceptors (Lipinski definition) is 5. The number of rotatable bonds is 6. The number of nitrogens with one attached hydrogen (secondary N) is 1. The van der Waals surface area contributed by atoms with Gasteiger partial charge < -0.3 is 20.0 Å². The van der Waals surface area contributed by atoms with Crippen molar-refractivity contribution in [1.29, 1.82) is 0 Å². The van der Waals surface area contributed by atoms with Gasteiger partial charge in [0.15, 0.2) is 0 Å². The molecule has 192 valence electrons. The van der Waals surface area contributed by atoms with Crippen LogP contribution in [0.2, 0.25) is 0 Å². The van der Waals surface area contributed by atoms with E-state index in [-0.39, 0.29) is 35.0 Å². The van der Waals surface area contributed by atoms with Gasteiger partial charge in [-0.3, -0.25) is 19.3 Å². The molecule has 2 atom stereocenters. The topological polar surface area (TPSA) is 76.2 Å². The molecule has 35 heavy (non-hydrogen) atoms. The largest absolute Gasteiger partial charge is 0.369 e. The molecule has 0 radical (unpaired) electrons.